The third-order valence-corrected chi connectivity index (χ3v) is 6.72. The molecule has 0 aliphatic rings. The van der Waals surface area contributed by atoms with E-state index in [1.54, 1.807) is 30.3 Å². The van der Waals surface area contributed by atoms with E-state index in [-0.39, 0.29) is 37.5 Å². The van der Waals surface area contributed by atoms with Gasteiger partial charge < -0.3 is 9.50 Å². The van der Waals surface area contributed by atoms with Gasteiger partial charge in [0.05, 0.1) is 15.7 Å². The fraction of sp³-hybridized carbons (Fsp3) is 0.0435. The van der Waals surface area contributed by atoms with Gasteiger partial charge in [-0.1, -0.05) is 62.9 Å². The number of hydrogen-bond acceptors (Lipinski definition) is 5. The molecule has 3 rings (SSSR count). The minimum absolute atomic E-state index is 0.0300. The maximum absolute atomic E-state index is 12.7. The van der Waals surface area contributed by atoms with Gasteiger partial charge in [0.2, 0.25) is 0 Å². The molecule has 0 unspecified atom stereocenters. The number of rotatable bonds is 6. The van der Waals surface area contributed by atoms with Gasteiger partial charge in [0.1, 0.15) is 22.3 Å². The lowest BCUT2D eigenvalue weighted by molar-refractivity contribution is -0.112. The summed E-state index contributed by atoms with van der Waals surface area (Å²) in [5.74, 6) is -0.838. The first kappa shape index (κ1) is 24.8. The van der Waals surface area contributed by atoms with Crippen LogP contribution in [0.1, 0.15) is 11.1 Å². The molecule has 0 aromatic heterocycles. The number of halogens is 3. The highest BCUT2D eigenvalue weighted by Crippen LogP contribution is 2.31. The van der Waals surface area contributed by atoms with Crippen LogP contribution in [0.5, 0.6) is 5.75 Å². The first-order valence-electron chi connectivity index (χ1n) is 9.28. The van der Waals surface area contributed by atoms with E-state index in [0.29, 0.717) is 4.47 Å². The summed E-state index contributed by atoms with van der Waals surface area (Å²) >= 11 is 15.4. The highest BCUT2D eigenvalue weighted by molar-refractivity contribution is 9.10. The topological polar surface area (TPSA) is 96.3 Å². The first-order valence-corrected chi connectivity index (χ1v) is 12.2. The summed E-state index contributed by atoms with van der Waals surface area (Å²) in [7, 11) is -4.15. The van der Waals surface area contributed by atoms with Crippen LogP contribution in [0.25, 0.3) is 6.08 Å². The number of anilines is 1. The molecule has 0 aliphatic carbocycles. The van der Waals surface area contributed by atoms with Crippen molar-refractivity contribution in [3.63, 3.8) is 0 Å². The zero-order valence-corrected chi connectivity index (χ0v) is 20.9. The number of para-hydroxylation sites is 1. The van der Waals surface area contributed by atoms with Gasteiger partial charge in [-0.2, -0.15) is 13.7 Å². The monoisotopic (exact) mass is 564 g/mol. The fourth-order valence-electron chi connectivity index (χ4n) is 2.68. The largest absolute Gasteiger partial charge is 0.378 e. The third kappa shape index (κ3) is 6.15. The standard InChI is InChI=1S/C23H15BrCl2N2O4S/c1-14-5-8-18(9-6-14)33(30,31)32-21-10-7-17(24)12-15(21)11-16(13-27)23(29)28-22-19(25)3-2-4-20(22)26/h2-12H,1H3,(H,28,29)/b16-11+. The molecule has 3 aromatic rings. The summed E-state index contributed by atoms with van der Waals surface area (Å²) < 4.78 is 31.4. The number of nitrogens with zero attached hydrogens (tertiary/aromatic N) is 1. The van der Waals surface area contributed by atoms with Gasteiger partial charge in [-0.05, 0) is 55.5 Å². The predicted octanol–water partition coefficient (Wildman–Crippen LogP) is 6.38. The molecule has 0 aliphatic heterocycles. The van der Waals surface area contributed by atoms with E-state index in [0.717, 1.165) is 5.56 Å². The molecule has 0 atom stereocenters. The number of carbonyl (C=O) groups is 1. The van der Waals surface area contributed by atoms with Gasteiger partial charge in [0.25, 0.3) is 5.91 Å². The second kappa shape index (κ2) is 10.4. The Bertz CT molecular complexity index is 1380. The molecule has 0 radical (unpaired) electrons. The molecule has 0 saturated carbocycles. The van der Waals surface area contributed by atoms with E-state index in [9.17, 15) is 18.5 Å². The Hall–Kier alpha value is -2.83. The van der Waals surface area contributed by atoms with Crippen LogP contribution in [-0.2, 0) is 14.9 Å². The maximum Gasteiger partial charge on any atom is 0.339 e. The number of hydrogen-bond donors (Lipinski definition) is 1. The number of aryl methyl sites for hydroxylation is 1. The Morgan fingerprint density at radius 1 is 1.09 bits per heavy atom. The van der Waals surface area contributed by atoms with Crippen LogP contribution in [0.15, 0.2) is 75.6 Å². The van der Waals surface area contributed by atoms with Crippen molar-refractivity contribution in [2.45, 2.75) is 11.8 Å². The molecule has 33 heavy (non-hydrogen) atoms. The number of benzene rings is 3. The lowest BCUT2D eigenvalue weighted by atomic mass is 10.1. The molecule has 0 saturated heterocycles. The molecular weight excluding hydrogens is 551 g/mol. The molecule has 0 heterocycles. The number of amides is 1. The Morgan fingerprint density at radius 2 is 1.73 bits per heavy atom. The average Bonchev–Trinajstić information content (AvgIpc) is 2.76. The van der Waals surface area contributed by atoms with Gasteiger partial charge in [-0.15, -0.1) is 0 Å². The van der Waals surface area contributed by atoms with Crippen molar-refractivity contribution < 1.29 is 17.4 Å². The van der Waals surface area contributed by atoms with Crippen LogP contribution in [0.2, 0.25) is 10.0 Å². The van der Waals surface area contributed by atoms with E-state index >= 15 is 0 Å². The van der Waals surface area contributed by atoms with Crippen LogP contribution >= 0.6 is 39.1 Å². The molecule has 0 fully saturated rings. The molecule has 1 amide bonds. The van der Waals surface area contributed by atoms with Gasteiger partial charge in [-0.3, -0.25) is 4.79 Å². The van der Waals surface area contributed by atoms with Crippen LogP contribution in [0, 0.1) is 18.3 Å². The lowest BCUT2D eigenvalue weighted by Crippen LogP contribution is -2.14. The fourth-order valence-corrected chi connectivity index (χ4v) is 4.51. The summed E-state index contributed by atoms with van der Waals surface area (Å²) in [5.41, 5.74) is 0.919. The molecule has 6 nitrogen and oxygen atoms in total. The smallest absolute Gasteiger partial charge is 0.339 e. The average molecular weight is 566 g/mol. The van der Waals surface area contributed by atoms with Crippen molar-refractivity contribution in [2.24, 2.45) is 0 Å². The normalized spacial score (nSPS) is 11.5. The summed E-state index contributed by atoms with van der Waals surface area (Å²) in [5, 5.41) is 12.5. The Labute approximate surface area is 209 Å². The second-order valence-electron chi connectivity index (χ2n) is 6.75. The van der Waals surface area contributed by atoms with Crippen molar-refractivity contribution in [3.05, 3.63) is 91.9 Å². The molecule has 1 N–H and O–H groups in total. The van der Waals surface area contributed by atoms with Gasteiger partial charge in [-0.25, -0.2) is 0 Å². The Kier molecular flexibility index (Phi) is 7.82. The van der Waals surface area contributed by atoms with E-state index in [4.69, 9.17) is 27.4 Å². The maximum atomic E-state index is 12.7. The van der Waals surface area contributed by atoms with E-state index in [2.05, 4.69) is 21.2 Å². The lowest BCUT2D eigenvalue weighted by Gasteiger charge is -2.11. The minimum Gasteiger partial charge on any atom is -0.378 e. The summed E-state index contributed by atoms with van der Waals surface area (Å²) in [6, 6.07) is 17.2. The second-order valence-corrected chi connectivity index (χ2v) is 10.0. The van der Waals surface area contributed by atoms with E-state index < -0.39 is 16.0 Å². The molecule has 0 spiro atoms. The molecule has 168 valence electrons. The van der Waals surface area contributed by atoms with Gasteiger partial charge in [0, 0.05) is 10.0 Å². The molecule has 3 aromatic carbocycles. The molecular formula is C23H15BrCl2N2O4S. The number of nitrogens with one attached hydrogen (secondary N) is 1. The van der Waals surface area contributed by atoms with Gasteiger partial charge in [0.15, 0.2) is 0 Å². The van der Waals surface area contributed by atoms with Crippen LogP contribution in [0.3, 0.4) is 0 Å². The first-order chi connectivity index (χ1) is 15.6. The molecule has 10 heteroatoms. The van der Waals surface area contributed by atoms with Crippen molar-refractivity contribution in [1.29, 1.82) is 5.26 Å². The zero-order valence-electron chi connectivity index (χ0n) is 17.0. The predicted molar refractivity (Wildman–Crippen MR) is 132 cm³/mol. The summed E-state index contributed by atoms with van der Waals surface area (Å²) in [6.45, 7) is 1.83. The van der Waals surface area contributed by atoms with Crippen LogP contribution in [0.4, 0.5) is 5.69 Å². The van der Waals surface area contributed by atoms with Crippen molar-refractivity contribution in [2.75, 3.05) is 5.32 Å². The van der Waals surface area contributed by atoms with E-state index in [1.165, 1.54) is 42.5 Å². The third-order valence-electron chi connectivity index (χ3n) is 4.35. The quantitative estimate of drug-likeness (QED) is 0.212. The minimum atomic E-state index is -4.15. The van der Waals surface area contributed by atoms with Gasteiger partial charge >= 0.3 is 10.1 Å². The number of carbonyl (C=O) groups excluding carboxylic acids is 1. The van der Waals surface area contributed by atoms with Crippen LogP contribution in [-0.4, -0.2) is 14.3 Å². The van der Waals surface area contributed by atoms with E-state index in [1.807, 2.05) is 6.92 Å². The highest BCUT2D eigenvalue weighted by atomic mass is 79.9. The van der Waals surface area contributed by atoms with Crippen molar-refractivity contribution in [1.82, 2.24) is 0 Å². The number of nitriles is 1. The SMILES string of the molecule is Cc1ccc(S(=O)(=O)Oc2ccc(Br)cc2/C=C(\C#N)C(=O)Nc2c(Cl)cccc2Cl)cc1. The van der Waals surface area contributed by atoms with Crippen molar-refractivity contribution >= 4 is 66.9 Å². The van der Waals surface area contributed by atoms with Crippen LogP contribution < -0.4 is 9.50 Å². The summed E-state index contributed by atoms with van der Waals surface area (Å²) in [6.07, 6.45) is 1.21. The molecule has 0 bridgehead atoms. The zero-order chi connectivity index (χ0) is 24.2. The Balaban J connectivity index is 1.96. The Morgan fingerprint density at radius 3 is 2.33 bits per heavy atom. The summed E-state index contributed by atoms with van der Waals surface area (Å²) in [4.78, 5) is 12.7. The van der Waals surface area contributed by atoms with Crippen molar-refractivity contribution in [3.8, 4) is 11.8 Å². The highest BCUT2D eigenvalue weighted by Gasteiger charge is 2.20.